The third kappa shape index (κ3) is 42.6. The molecule has 0 aromatic rings. The van der Waals surface area contributed by atoms with Crippen LogP contribution in [0.4, 0.5) is 0 Å². The molecule has 0 fully saturated rings. The van der Waals surface area contributed by atoms with Crippen LogP contribution in [-0.2, 0) is 9.59 Å². The molecule has 172 valence electrons. The molecular formula is C24H46O4Sn2+2. The number of carbonyl (C=O) groups is 2. The molecule has 30 heavy (non-hydrogen) atoms. The molecule has 0 aromatic heterocycles. The van der Waals surface area contributed by atoms with Crippen molar-refractivity contribution >= 4 is 59.8 Å². The Morgan fingerprint density at radius 2 is 0.633 bits per heavy atom. The molecule has 0 saturated carbocycles. The first-order chi connectivity index (χ1) is 13.5. The van der Waals surface area contributed by atoms with Gasteiger partial charge in [0.2, 0.25) is 0 Å². The Labute approximate surface area is 220 Å². The van der Waals surface area contributed by atoms with Gasteiger partial charge in [-0.25, -0.2) is 0 Å². The third-order valence-electron chi connectivity index (χ3n) is 4.97. The Hall–Kier alpha value is 0.537. The van der Waals surface area contributed by atoms with Crippen LogP contribution in [0.15, 0.2) is 0 Å². The summed E-state index contributed by atoms with van der Waals surface area (Å²) < 4.78 is 0. The van der Waals surface area contributed by atoms with Crippen LogP contribution in [0.25, 0.3) is 0 Å². The van der Waals surface area contributed by atoms with Crippen LogP contribution in [0, 0.1) is 0 Å². The number of hydrogen-bond donors (Lipinski definition) is 0. The van der Waals surface area contributed by atoms with Crippen molar-refractivity contribution in [2.24, 2.45) is 0 Å². The average Bonchev–Trinajstić information content (AvgIpc) is 2.65. The van der Waals surface area contributed by atoms with Gasteiger partial charge < -0.3 is 19.8 Å². The van der Waals surface area contributed by atoms with E-state index in [1.54, 1.807) is 0 Å². The Morgan fingerprint density at radius 3 is 0.833 bits per heavy atom. The number of carbonyl (C=O) groups excluding carboxylic acids is 2. The van der Waals surface area contributed by atoms with Gasteiger partial charge in [0.25, 0.3) is 0 Å². The predicted molar refractivity (Wildman–Crippen MR) is 125 cm³/mol. The quantitative estimate of drug-likeness (QED) is 0.145. The second-order valence-corrected chi connectivity index (χ2v) is 7.90. The summed E-state index contributed by atoms with van der Waals surface area (Å²) in [5.41, 5.74) is 0. The molecule has 0 N–H and O–H groups in total. The van der Waals surface area contributed by atoms with Gasteiger partial charge in [-0.05, 0) is 25.7 Å². The molecule has 0 aliphatic heterocycles. The SMILES string of the molecule is CCCCCCCCCCCC(=O)[O-].CCCCCCCCCCCC(=O)[O-].[Sn+2].[Sn+2]. The van der Waals surface area contributed by atoms with Crippen LogP contribution >= 0.6 is 0 Å². The molecule has 0 aliphatic rings. The van der Waals surface area contributed by atoms with Crippen molar-refractivity contribution in [1.29, 1.82) is 0 Å². The van der Waals surface area contributed by atoms with Gasteiger partial charge in [-0.3, -0.25) is 0 Å². The minimum absolute atomic E-state index is 0. The van der Waals surface area contributed by atoms with Crippen molar-refractivity contribution in [1.82, 2.24) is 0 Å². The van der Waals surface area contributed by atoms with Gasteiger partial charge in [0, 0.05) is 11.9 Å². The van der Waals surface area contributed by atoms with Gasteiger partial charge in [-0.2, -0.15) is 0 Å². The van der Waals surface area contributed by atoms with Gasteiger partial charge in [0.05, 0.1) is 0 Å². The van der Waals surface area contributed by atoms with Crippen molar-refractivity contribution in [3.8, 4) is 0 Å². The molecule has 0 bridgehead atoms. The molecule has 0 heterocycles. The van der Waals surface area contributed by atoms with E-state index in [4.69, 9.17) is 0 Å². The molecule has 6 heteroatoms. The van der Waals surface area contributed by atoms with E-state index in [2.05, 4.69) is 13.8 Å². The third-order valence-corrected chi connectivity index (χ3v) is 4.97. The topological polar surface area (TPSA) is 80.3 Å². The van der Waals surface area contributed by atoms with Gasteiger partial charge in [-0.15, -0.1) is 0 Å². The number of carboxylic acid groups (broad SMARTS) is 2. The Morgan fingerprint density at radius 1 is 0.433 bits per heavy atom. The summed E-state index contributed by atoms with van der Waals surface area (Å²) in [5, 5.41) is 20.2. The van der Waals surface area contributed by atoms with E-state index in [-0.39, 0.29) is 60.7 Å². The molecule has 0 spiro atoms. The summed E-state index contributed by atoms with van der Waals surface area (Å²) in [6.45, 7) is 4.44. The van der Waals surface area contributed by atoms with Crippen LogP contribution in [-0.4, -0.2) is 59.8 Å². The smallest absolute Gasteiger partial charge is 0.550 e. The van der Waals surface area contributed by atoms with E-state index in [1.165, 1.54) is 89.9 Å². The van der Waals surface area contributed by atoms with E-state index in [9.17, 15) is 19.8 Å². The van der Waals surface area contributed by atoms with Crippen molar-refractivity contribution in [2.45, 2.75) is 142 Å². The van der Waals surface area contributed by atoms with Crippen molar-refractivity contribution in [2.75, 3.05) is 0 Å². The molecule has 0 atom stereocenters. The fraction of sp³-hybridized carbons (Fsp3) is 0.917. The molecule has 0 aliphatic carbocycles. The molecule has 0 saturated heterocycles. The summed E-state index contributed by atoms with van der Waals surface area (Å²) in [5.74, 6) is -1.82. The normalized spacial score (nSPS) is 9.67. The van der Waals surface area contributed by atoms with Crippen LogP contribution < -0.4 is 10.2 Å². The number of unbranched alkanes of at least 4 members (excludes halogenated alkanes) is 16. The van der Waals surface area contributed by atoms with Crippen LogP contribution in [0.3, 0.4) is 0 Å². The number of hydrogen-bond acceptors (Lipinski definition) is 4. The van der Waals surface area contributed by atoms with Gasteiger partial charge in [-0.1, -0.05) is 117 Å². The molecular weight excluding hydrogens is 590 g/mol. The maximum Gasteiger partial charge on any atom is 2.00 e. The number of carboxylic acids is 2. The first-order valence-electron chi connectivity index (χ1n) is 11.9. The molecule has 0 aromatic carbocycles. The first kappa shape index (κ1) is 37.8. The largest absolute Gasteiger partial charge is 2.00 e. The second kappa shape index (κ2) is 34.2. The van der Waals surface area contributed by atoms with E-state index in [1.807, 2.05) is 0 Å². The van der Waals surface area contributed by atoms with Crippen LogP contribution in [0.2, 0.25) is 0 Å². The summed E-state index contributed by atoms with van der Waals surface area (Å²) in [6.07, 6.45) is 22.3. The van der Waals surface area contributed by atoms with E-state index in [0.717, 1.165) is 25.7 Å². The first-order valence-corrected chi connectivity index (χ1v) is 11.9. The van der Waals surface area contributed by atoms with E-state index in [0.29, 0.717) is 0 Å². The van der Waals surface area contributed by atoms with Crippen molar-refractivity contribution in [3.63, 3.8) is 0 Å². The van der Waals surface area contributed by atoms with Gasteiger partial charge >= 0.3 is 47.8 Å². The minimum Gasteiger partial charge on any atom is -0.550 e. The second-order valence-electron chi connectivity index (χ2n) is 7.90. The molecule has 4 nitrogen and oxygen atoms in total. The average molecular weight is 636 g/mol. The predicted octanol–water partition coefficient (Wildman–Crippen LogP) is 4.55. The molecule has 4 radical (unpaired) electrons. The number of aliphatic carboxylic acids is 2. The van der Waals surface area contributed by atoms with E-state index < -0.39 is 11.9 Å². The number of rotatable bonds is 20. The van der Waals surface area contributed by atoms with E-state index >= 15 is 0 Å². The van der Waals surface area contributed by atoms with Crippen molar-refractivity contribution < 1.29 is 19.8 Å². The monoisotopic (exact) mass is 638 g/mol. The summed E-state index contributed by atoms with van der Waals surface area (Å²) in [4.78, 5) is 20.2. The molecule has 0 rings (SSSR count). The van der Waals surface area contributed by atoms with Gasteiger partial charge in [0.1, 0.15) is 0 Å². The zero-order valence-electron chi connectivity index (χ0n) is 19.8. The summed E-state index contributed by atoms with van der Waals surface area (Å²) in [6, 6.07) is 0. The maximum absolute atomic E-state index is 10.1. The zero-order valence-corrected chi connectivity index (χ0v) is 25.5. The molecule has 0 amide bonds. The minimum atomic E-state index is -0.909. The fourth-order valence-electron chi connectivity index (χ4n) is 3.16. The maximum atomic E-state index is 10.1. The Kier molecular flexibility index (Phi) is 43.1. The van der Waals surface area contributed by atoms with Gasteiger partial charge in [0.15, 0.2) is 0 Å². The zero-order chi connectivity index (χ0) is 21.3. The Balaban J connectivity index is -0.000000211. The van der Waals surface area contributed by atoms with Crippen LogP contribution in [0.1, 0.15) is 142 Å². The Bertz CT molecular complexity index is 307. The fourth-order valence-corrected chi connectivity index (χ4v) is 3.16. The summed E-state index contributed by atoms with van der Waals surface area (Å²) in [7, 11) is 0. The van der Waals surface area contributed by atoms with Crippen molar-refractivity contribution in [3.05, 3.63) is 0 Å². The van der Waals surface area contributed by atoms with Crippen LogP contribution in [0.5, 0.6) is 0 Å². The summed E-state index contributed by atoms with van der Waals surface area (Å²) >= 11 is 0. The standard InChI is InChI=1S/2C12H24O2.2Sn/c2*1-2-3-4-5-6-7-8-9-10-11-12(13)14;;/h2*2-11H2,1H3,(H,13,14);;/q;;2*+2/p-2. The molecule has 0 unspecified atom stereocenters.